The molecule has 0 aliphatic heterocycles. The first-order valence-corrected chi connectivity index (χ1v) is 3.52. The highest BCUT2D eigenvalue weighted by Crippen LogP contribution is 2.11. The van der Waals surface area contributed by atoms with Crippen molar-refractivity contribution in [1.29, 1.82) is 0 Å². The number of aromatic amines is 1. The molecule has 2 unspecified atom stereocenters. The third-order valence-electron chi connectivity index (χ3n) is 1.66. The molecule has 0 amide bonds. The maximum absolute atomic E-state index is 9.23. The highest BCUT2D eigenvalue weighted by molar-refractivity contribution is 5.14. The molecular weight excluding hydrogens is 142 g/mol. The van der Waals surface area contributed by atoms with Gasteiger partial charge in [0.15, 0.2) is 0 Å². The fourth-order valence-corrected chi connectivity index (χ4v) is 0.913. The molecule has 0 bridgehead atoms. The van der Waals surface area contributed by atoms with Gasteiger partial charge in [0.2, 0.25) is 0 Å². The van der Waals surface area contributed by atoms with Crippen LogP contribution < -0.4 is 11.5 Å². The van der Waals surface area contributed by atoms with Gasteiger partial charge in [0.1, 0.15) is 0 Å². The van der Waals surface area contributed by atoms with E-state index in [1.165, 1.54) is 0 Å². The molecule has 1 heterocycles. The number of aromatic nitrogens is 1. The van der Waals surface area contributed by atoms with Crippen molar-refractivity contribution in [2.24, 2.45) is 11.5 Å². The van der Waals surface area contributed by atoms with Crippen LogP contribution in [-0.4, -0.2) is 22.7 Å². The summed E-state index contributed by atoms with van der Waals surface area (Å²) in [6, 6.07) is 1.44. The molecular formula is C7H13N3O. The summed E-state index contributed by atoms with van der Waals surface area (Å²) in [7, 11) is 0. The minimum Gasteiger partial charge on any atom is -0.390 e. The highest BCUT2D eigenvalue weighted by Gasteiger charge is 2.14. The van der Waals surface area contributed by atoms with Crippen LogP contribution in [-0.2, 0) is 0 Å². The zero-order valence-electron chi connectivity index (χ0n) is 6.20. The summed E-state index contributed by atoms with van der Waals surface area (Å²) in [5, 5.41) is 9.23. The van der Waals surface area contributed by atoms with Gasteiger partial charge in [-0.1, -0.05) is 0 Å². The lowest BCUT2D eigenvalue weighted by atomic mass is 10.1. The summed E-state index contributed by atoms with van der Waals surface area (Å²) >= 11 is 0. The second-order valence-electron chi connectivity index (χ2n) is 2.47. The third kappa shape index (κ3) is 1.80. The number of hydrogen-bond donors (Lipinski definition) is 4. The van der Waals surface area contributed by atoms with Crippen molar-refractivity contribution < 1.29 is 5.11 Å². The number of nitrogens with one attached hydrogen (secondary N) is 1. The van der Waals surface area contributed by atoms with Crippen LogP contribution in [0.4, 0.5) is 0 Å². The van der Waals surface area contributed by atoms with Crippen molar-refractivity contribution >= 4 is 0 Å². The molecule has 0 aliphatic rings. The molecule has 6 N–H and O–H groups in total. The van der Waals surface area contributed by atoms with Crippen molar-refractivity contribution in [3.8, 4) is 0 Å². The van der Waals surface area contributed by atoms with Crippen molar-refractivity contribution in [3.63, 3.8) is 0 Å². The van der Waals surface area contributed by atoms with Crippen molar-refractivity contribution in [1.82, 2.24) is 4.98 Å². The van der Waals surface area contributed by atoms with E-state index in [0.29, 0.717) is 0 Å². The Hall–Kier alpha value is -0.840. The first-order valence-electron chi connectivity index (χ1n) is 3.52. The summed E-state index contributed by atoms with van der Waals surface area (Å²) in [6.45, 7) is 0.187. The zero-order valence-corrected chi connectivity index (χ0v) is 6.20. The zero-order chi connectivity index (χ0) is 8.27. The standard InChI is InChI=1S/C7H13N3O/c8-3-6(11)7(9)5-1-2-10-4-5/h1-2,4,6-7,10-11H,3,8-9H2. The molecule has 2 atom stereocenters. The molecule has 0 saturated heterocycles. The molecule has 0 aliphatic carbocycles. The number of rotatable bonds is 3. The third-order valence-corrected chi connectivity index (χ3v) is 1.66. The van der Waals surface area contributed by atoms with Crippen LogP contribution >= 0.6 is 0 Å². The second kappa shape index (κ2) is 3.52. The van der Waals surface area contributed by atoms with Gasteiger partial charge in [-0.3, -0.25) is 0 Å². The van der Waals surface area contributed by atoms with Crippen molar-refractivity contribution in [2.75, 3.05) is 6.54 Å². The average molecular weight is 155 g/mol. The molecule has 11 heavy (non-hydrogen) atoms. The van der Waals surface area contributed by atoms with E-state index in [0.717, 1.165) is 5.56 Å². The summed E-state index contributed by atoms with van der Waals surface area (Å²) in [5.41, 5.74) is 11.8. The molecule has 0 aromatic carbocycles. The maximum Gasteiger partial charge on any atom is 0.0855 e. The number of hydrogen-bond acceptors (Lipinski definition) is 3. The number of nitrogens with two attached hydrogens (primary N) is 2. The van der Waals surface area contributed by atoms with Gasteiger partial charge in [-0.2, -0.15) is 0 Å². The van der Waals surface area contributed by atoms with E-state index in [9.17, 15) is 5.11 Å². The van der Waals surface area contributed by atoms with E-state index in [-0.39, 0.29) is 12.6 Å². The Morgan fingerprint density at radius 1 is 1.64 bits per heavy atom. The van der Waals surface area contributed by atoms with Gasteiger partial charge in [-0.15, -0.1) is 0 Å². The monoisotopic (exact) mass is 155 g/mol. The molecule has 0 saturated carbocycles. The van der Waals surface area contributed by atoms with Gasteiger partial charge < -0.3 is 21.6 Å². The van der Waals surface area contributed by atoms with Crippen molar-refractivity contribution in [2.45, 2.75) is 12.1 Å². The van der Waals surface area contributed by atoms with E-state index >= 15 is 0 Å². The van der Waals surface area contributed by atoms with Gasteiger partial charge >= 0.3 is 0 Å². The minimum atomic E-state index is -0.661. The van der Waals surface area contributed by atoms with E-state index in [4.69, 9.17) is 11.5 Å². The largest absolute Gasteiger partial charge is 0.390 e. The summed E-state index contributed by atoms with van der Waals surface area (Å²) < 4.78 is 0. The maximum atomic E-state index is 9.23. The van der Waals surface area contributed by atoms with Gasteiger partial charge in [0.25, 0.3) is 0 Å². The average Bonchev–Trinajstić information content (AvgIpc) is 2.53. The topological polar surface area (TPSA) is 88.1 Å². The quantitative estimate of drug-likeness (QED) is 0.467. The lowest BCUT2D eigenvalue weighted by Crippen LogP contribution is -2.32. The normalized spacial score (nSPS) is 16.3. The van der Waals surface area contributed by atoms with Gasteiger partial charge in [-0.05, 0) is 11.6 Å². The van der Waals surface area contributed by atoms with Crippen LogP contribution in [0.2, 0.25) is 0 Å². The highest BCUT2D eigenvalue weighted by atomic mass is 16.3. The van der Waals surface area contributed by atoms with E-state index in [1.54, 1.807) is 12.4 Å². The molecule has 0 spiro atoms. The lowest BCUT2D eigenvalue weighted by molar-refractivity contribution is 0.153. The minimum absolute atomic E-state index is 0.187. The van der Waals surface area contributed by atoms with Crippen LogP contribution in [0.25, 0.3) is 0 Å². The van der Waals surface area contributed by atoms with Crippen molar-refractivity contribution in [3.05, 3.63) is 24.0 Å². The number of aliphatic hydroxyl groups excluding tert-OH is 1. The predicted molar refractivity (Wildman–Crippen MR) is 42.8 cm³/mol. The number of H-pyrrole nitrogens is 1. The SMILES string of the molecule is NCC(O)C(N)c1cc[nH]c1. The summed E-state index contributed by atoms with van der Waals surface area (Å²) in [6.07, 6.45) is 2.85. The summed E-state index contributed by atoms with van der Waals surface area (Å²) in [5.74, 6) is 0. The van der Waals surface area contributed by atoms with E-state index in [2.05, 4.69) is 4.98 Å². The molecule has 4 nitrogen and oxygen atoms in total. The van der Waals surface area contributed by atoms with Crippen LogP contribution in [0.5, 0.6) is 0 Å². The Kier molecular flexibility index (Phi) is 2.64. The Labute approximate surface area is 65.2 Å². The van der Waals surface area contributed by atoms with Crippen LogP contribution in [0.3, 0.4) is 0 Å². The van der Waals surface area contributed by atoms with E-state index in [1.807, 2.05) is 6.07 Å². The molecule has 1 rings (SSSR count). The fraction of sp³-hybridized carbons (Fsp3) is 0.429. The van der Waals surface area contributed by atoms with Crippen LogP contribution in [0, 0.1) is 0 Å². The Morgan fingerprint density at radius 2 is 2.36 bits per heavy atom. The second-order valence-corrected chi connectivity index (χ2v) is 2.47. The van der Waals surface area contributed by atoms with Gasteiger partial charge in [0, 0.05) is 18.9 Å². The predicted octanol–water partition coefficient (Wildman–Crippen LogP) is -0.666. The molecule has 1 aromatic rings. The first-order chi connectivity index (χ1) is 5.25. The molecule has 62 valence electrons. The fourth-order valence-electron chi connectivity index (χ4n) is 0.913. The Morgan fingerprint density at radius 3 is 2.82 bits per heavy atom. The summed E-state index contributed by atoms with van der Waals surface area (Å²) in [4.78, 5) is 2.86. The molecule has 0 radical (unpaired) electrons. The van der Waals surface area contributed by atoms with Crippen LogP contribution in [0.1, 0.15) is 11.6 Å². The van der Waals surface area contributed by atoms with Gasteiger partial charge in [0.05, 0.1) is 12.1 Å². The smallest absolute Gasteiger partial charge is 0.0855 e. The Bertz CT molecular complexity index is 197. The van der Waals surface area contributed by atoms with Crippen LogP contribution in [0.15, 0.2) is 18.5 Å². The first kappa shape index (κ1) is 8.26. The lowest BCUT2D eigenvalue weighted by Gasteiger charge is -2.15. The number of aliphatic hydroxyl groups is 1. The van der Waals surface area contributed by atoms with Gasteiger partial charge in [-0.25, -0.2) is 0 Å². The Balaban J connectivity index is 2.62. The molecule has 4 heteroatoms. The molecule has 0 fully saturated rings. The van der Waals surface area contributed by atoms with E-state index < -0.39 is 6.10 Å². The molecule has 1 aromatic heterocycles.